The molecule has 4 aromatic rings. The summed E-state index contributed by atoms with van der Waals surface area (Å²) in [5, 5.41) is 4.54. The van der Waals surface area contributed by atoms with Gasteiger partial charge in [0.25, 0.3) is 0 Å². The van der Waals surface area contributed by atoms with Crippen molar-refractivity contribution in [3.05, 3.63) is 47.8 Å². The lowest BCUT2D eigenvalue weighted by Gasteiger charge is -2.12. The normalized spacial score (nSPS) is 11.1. The van der Waals surface area contributed by atoms with Gasteiger partial charge < -0.3 is 19.9 Å². The highest BCUT2D eigenvalue weighted by atomic mass is 16.5. The Hall–Kier alpha value is -3.35. The van der Waals surface area contributed by atoms with E-state index in [0.29, 0.717) is 18.0 Å². The standard InChI is InChI=1S/C20H22N6O/c1-12-9-23-19-15(27-4)7-5-13(18(12)19)10-22-16-11-21-14-6-8-17(26(2)3)25-20(14)24-16/h5-9,11,23H,10H2,1-4H3,(H,22,24,25). The monoisotopic (exact) mass is 362 g/mol. The van der Waals surface area contributed by atoms with Crippen LogP contribution in [0.15, 0.2) is 36.7 Å². The molecule has 0 unspecified atom stereocenters. The van der Waals surface area contributed by atoms with Crippen LogP contribution in [-0.2, 0) is 6.54 Å². The number of aromatic nitrogens is 4. The Morgan fingerprint density at radius 3 is 2.78 bits per heavy atom. The molecule has 0 spiro atoms. The summed E-state index contributed by atoms with van der Waals surface area (Å²) in [6.07, 6.45) is 3.74. The number of aromatic amines is 1. The third kappa shape index (κ3) is 3.12. The molecule has 0 atom stereocenters. The van der Waals surface area contributed by atoms with E-state index in [1.54, 1.807) is 13.3 Å². The zero-order chi connectivity index (χ0) is 19.0. The van der Waals surface area contributed by atoms with E-state index < -0.39 is 0 Å². The number of nitrogens with one attached hydrogen (secondary N) is 2. The van der Waals surface area contributed by atoms with Crippen molar-refractivity contribution in [2.45, 2.75) is 13.5 Å². The number of pyridine rings is 1. The molecule has 0 aliphatic rings. The van der Waals surface area contributed by atoms with Crippen LogP contribution in [0.5, 0.6) is 5.75 Å². The molecule has 7 nitrogen and oxygen atoms in total. The first kappa shape index (κ1) is 17.1. The van der Waals surface area contributed by atoms with Crippen LogP contribution >= 0.6 is 0 Å². The molecule has 0 fully saturated rings. The number of rotatable bonds is 5. The number of aryl methyl sites for hydroxylation is 1. The molecule has 7 heteroatoms. The van der Waals surface area contributed by atoms with E-state index in [2.05, 4.69) is 38.2 Å². The first-order valence-electron chi connectivity index (χ1n) is 8.75. The molecular weight excluding hydrogens is 340 g/mol. The third-order valence-corrected chi connectivity index (χ3v) is 4.61. The number of ether oxygens (including phenoxy) is 1. The molecule has 2 N–H and O–H groups in total. The van der Waals surface area contributed by atoms with E-state index in [4.69, 9.17) is 4.74 Å². The summed E-state index contributed by atoms with van der Waals surface area (Å²) in [5.41, 5.74) is 4.77. The van der Waals surface area contributed by atoms with Gasteiger partial charge in [-0.25, -0.2) is 15.0 Å². The Balaban J connectivity index is 1.64. The van der Waals surface area contributed by atoms with Gasteiger partial charge in [0.1, 0.15) is 22.9 Å². The molecule has 1 aromatic carbocycles. The summed E-state index contributed by atoms with van der Waals surface area (Å²) in [4.78, 5) is 18.9. The van der Waals surface area contributed by atoms with E-state index in [-0.39, 0.29) is 0 Å². The van der Waals surface area contributed by atoms with Crippen LogP contribution in [0.2, 0.25) is 0 Å². The number of anilines is 2. The number of nitrogens with zero attached hydrogens (tertiary/aromatic N) is 4. The topological polar surface area (TPSA) is 79.0 Å². The lowest BCUT2D eigenvalue weighted by atomic mass is 10.1. The van der Waals surface area contributed by atoms with Crippen molar-refractivity contribution in [1.29, 1.82) is 0 Å². The second kappa shape index (κ2) is 6.75. The Kier molecular flexibility index (Phi) is 4.27. The van der Waals surface area contributed by atoms with Crippen molar-refractivity contribution < 1.29 is 4.74 Å². The number of hydrogen-bond donors (Lipinski definition) is 2. The predicted molar refractivity (Wildman–Crippen MR) is 109 cm³/mol. The van der Waals surface area contributed by atoms with Crippen LogP contribution in [0.4, 0.5) is 11.6 Å². The molecule has 3 heterocycles. The zero-order valence-corrected chi connectivity index (χ0v) is 15.9. The van der Waals surface area contributed by atoms with Gasteiger partial charge in [-0.1, -0.05) is 6.07 Å². The van der Waals surface area contributed by atoms with Gasteiger partial charge in [-0.15, -0.1) is 0 Å². The van der Waals surface area contributed by atoms with Crippen LogP contribution in [0, 0.1) is 6.92 Å². The highest BCUT2D eigenvalue weighted by Gasteiger charge is 2.11. The van der Waals surface area contributed by atoms with Crippen LogP contribution in [0.3, 0.4) is 0 Å². The second-order valence-electron chi connectivity index (χ2n) is 6.66. The fourth-order valence-corrected chi connectivity index (χ4v) is 3.20. The third-order valence-electron chi connectivity index (χ3n) is 4.61. The van der Waals surface area contributed by atoms with Gasteiger partial charge in [-0.05, 0) is 36.2 Å². The number of fused-ring (bicyclic) bond motifs is 2. The maximum Gasteiger partial charge on any atom is 0.182 e. The Labute approximate surface area is 157 Å². The summed E-state index contributed by atoms with van der Waals surface area (Å²) < 4.78 is 5.45. The maximum atomic E-state index is 5.45. The summed E-state index contributed by atoms with van der Waals surface area (Å²) in [5.74, 6) is 2.39. The first-order chi connectivity index (χ1) is 13.1. The minimum absolute atomic E-state index is 0.629. The summed E-state index contributed by atoms with van der Waals surface area (Å²) in [6, 6.07) is 7.93. The number of H-pyrrole nitrogens is 1. The van der Waals surface area contributed by atoms with Crippen molar-refractivity contribution in [1.82, 2.24) is 19.9 Å². The SMILES string of the molecule is COc1ccc(CNc2cnc3ccc(N(C)C)nc3n2)c2c(C)c[nH]c12. The Morgan fingerprint density at radius 1 is 1.15 bits per heavy atom. The van der Waals surface area contributed by atoms with Gasteiger partial charge in [0.2, 0.25) is 0 Å². The molecule has 0 saturated heterocycles. The largest absolute Gasteiger partial charge is 0.495 e. The zero-order valence-electron chi connectivity index (χ0n) is 15.9. The molecule has 138 valence electrons. The number of hydrogen-bond acceptors (Lipinski definition) is 6. The second-order valence-corrected chi connectivity index (χ2v) is 6.66. The highest BCUT2D eigenvalue weighted by molar-refractivity contribution is 5.91. The van der Waals surface area contributed by atoms with E-state index in [9.17, 15) is 0 Å². The fourth-order valence-electron chi connectivity index (χ4n) is 3.20. The molecular formula is C20H22N6O. The van der Waals surface area contributed by atoms with Crippen molar-refractivity contribution in [3.8, 4) is 5.75 Å². The minimum Gasteiger partial charge on any atom is -0.495 e. The molecule has 0 aliphatic carbocycles. The van der Waals surface area contributed by atoms with Crippen LogP contribution < -0.4 is 15.0 Å². The first-order valence-corrected chi connectivity index (χ1v) is 8.75. The minimum atomic E-state index is 0.629. The molecule has 0 aliphatic heterocycles. The Morgan fingerprint density at radius 2 is 2.00 bits per heavy atom. The van der Waals surface area contributed by atoms with Crippen LogP contribution in [-0.4, -0.2) is 41.1 Å². The van der Waals surface area contributed by atoms with Gasteiger partial charge >= 0.3 is 0 Å². The molecule has 3 aromatic heterocycles. The van der Waals surface area contributed by atoms with E-state index in [0.717, 1.165) is 22.6 Å². The van der Waals surface area contributed by atoms with Crippen molar-refractivity contribution >= 4 is 33.7 Å². The van der Waals surface area contributed by atoms with Gasteiger partial charge in [0.05, 0.1) is 18.8 Å². The van der Waals surface area contributed by atoms with Crippen LogP contribution in [0.1, 0.15) is 11.1 Å². The number of benzene rings is 1. The van der Waals surface area contributed by atoms with Gasteiger partial charge in [-0.2, -0.15) is 0 Å². The van der Waals surface area contributed by atoms with Crippen molar-refractivity contribution in [3.63, 3.8) is 0 Å². The quantitative estimate of drug-likeness (QED) is 0.566. The molecule has 0 amide bonds. The smallest absolute Gasteiger partial charge is 0.182 e. The summed E-state index contributed by atoms with van der Waals surface area (Å²) in [7, 11) is 5.60. The highest BCUT2D eigenvalue weighted by Crippen LogP contribution is 2.30. The van der Waals surface area contributed by atoms with Crippen molar-refractivity contribution in [2.24, 2.45) is 0 Å². The summed E-state index contributed by atoms with van der Waals surface area (Å²) in [6.45, 7) is 2.72. The predicted octanol–water partition coefficient (Wildman–Crippen LogP) is 3.50. The lowest BCUT2D eigenvalue weighted by molar-refractivity contribution is 0.419. The fraction of sp³-hybridized carbons (Fsp3) is 0.250. The van der Waals surface area contributed by atoms with Gasteiger partial charge in [-0.3, -0.25) is 0 Å². The maximum absolute atomic E-state index is 5.45. The molecule has 0 radical (unpaired) electrons. The van der Waals surface area contributed by atoms with Gasteiger partial charge in [0.15, 0.2) is 5.65 Å². The lowest BCUT2D eigenvalue weighted by Crippen LogP contribution is -2.11. The molecule has 4 rings (SSSR count). The summed E-state index contributed by atoms with van der Waals surface area (Å²) >= 11 is 0. The molecule has 0 saturated carbocycles. The van der Waals surface area contributed by atoms with Gasteiger partial charge in [0, 0.05) is 32.2 Å². The van der Waals surface area contributed by atoms with E-state index >= 15 is 0 Å². The van der Waals surface area contributed by atoms with Crippen molar-refractivity contribution in [2.75, 3.05) is 31.4 Å². The Bertz CT molecular complexity index is 1120. The average molecular weight is 362 g/mol. The molecule has 0 bridgehead atoms. The van der Waals surface area contributed by atoms with Crippen LogP contribution in [0.25, 0.3) is 22.1 Å². The average Bonchev–Trinajstić information content (AvgIpc) is 3.07. The van der Waals surface area contributed by atoms with E-state index in [1.165, 1.54) is 16.5 Å². The number of methoxy groups -OCH3 is 1. The molecule has 27 heavy (non-hydrogen) atoms. The van der Waals surface area contributed by atoms with E-state index in [1.807, 2.05) is 43.4 Å².